The van der Waals surface area contributed by atoms with E-state index in [0.717, 1.165) is 15.9 Å². The molecule has 4 nitrogen and oxygen atoms in total. The van der Waals surface area contributed by atoms with E-state index < -0.39 is 6.10 Å². The Labute approximate surface area is 85.3 Å². The molecule has 13 heavy (non-hydrogen) atoms. The Morgan fingerprint density at radius 1 is 1.54 bits per heavy atom. The van der Waals surface area contributed by atoms with Crippen molar-refractivity contribution in [3.63, 3.8) is 0 Å². The number of halogens is 1. The number of aliphatic hydroxyl groups is 2. The first-order valence-corrected chi connectivity index (χ1v) is 4.84. The fraction of sp³-hybridized carbons (Fsp3) is 0.625. The summed E-state index contributed by atoms with van der Waals surface area (Å²) in [5, 5.41) is 22.1. The Bertz CT molecular complexity index is 299. The van der Waals surface area contributed by atoms with Crippen LogP contribution in [0.25, 0.3) is 0 Å². The zero-order chi connectivity index (χ0) is 10.0. The molecule has 0 aliphatic carbocycles. The molecule has 74 valence electrons. The lowest BCUT2D eigenvalue weighted by Crippen LogP contribution is -2.21. The summed E-state index contributed by atoms with van der Waals surface area (Å²) in [6.07, 6.45) is -0.745. The van der Waals surface area contributed by atoms with Crippen LogP contribution in [-0.2, 0) is 6.54 Å². The van der Waals surface area contributed by atoms with Gasteiger partial charge in [0.15, 0.2) is 0 Å². The quantitative estimate of drug-likeness (QED) is 0.825. The average Bonchev–Trinajstić information content (AvgIpc) is 2.34. The fourth-order valence-corrected chi connectivity index (χ4v) is 1.39. The fourth-order valence-electron chi connectivity index (χ4n) is 1.11. The van der Waals surface area contributed by atoms with Crippen LogP contribution in [0.1, 0.15) is 11.4 Å². The maximum Gasteiger partial charge on any atom is 0.0966 e. The first-order valence-electron chi connectivity index (χ1n) is 4.04. The van der Waals surface area contributed by atoms with Crippen LogP contribution in [0.5, 0.6) is 0 Å². The second kappa shape index (κ2) is 4.21. The molecule has 0 fully saturated rings. The SMILES string of the molecule is Cc1nn(CC(O)CO)c(C)c1Br. The molecule has 0 saturated heterocycles. The predicted octanol–water partition coefficient (Wildman–Crippen LogP) is 0.616. The first-order chi connectivity index (χ1) is 6.06. The molecule has 0 spiro atoms. The summed E-state index contributed by atoms with van der Waals surface area (Å²) in [7, 11) is 0. The van der Waals surface area contributed by atoms with Crippen molar-refractivity contribution in [3.05, 3.63) is 15.9 Å². The van der Waals surface area contributed by atoms with E-state index in [1.807, 2.05) is 13.8 Å². The van der Waals surface area contributed by atoms with Gasteiger partial charge in [-0.05, 0) is 29.8 Å². The maximum atomic E-state index is 9.21. The number of rotatable bonds is 3. The molecule has 1 rings (SSSR count). The summed E-state index contributed by atoms with van der Waals surface area (Å²) < 4.78 is 2.64. The van der Waals surface area contributed by atoms with Gasteiger partial charge in [0, 0.05) is 5.69 Å². The molecule has 1 aromatic rings. The van der Waals surface area contributed by atoms with Crippen LogP contribution in [0, 0.1) is 13.8 Å². The second-order valence-corrected chi connectivity index (χ2v) is 3.80. The van der Waals surface area contributed by atoms with Gasteiger partial charge in [-0.25, -0.2) is 0 Å². The average molecular weight is 249 g/mol. The van der Waals surface area contributed by atoms with Gasteiger partial charge in [-0.15, -0.1) is 0 Å². The van der Waals surface area contributed by atoms with Crippen molar-refractivity contribution in [1.29, 1.82) is 0 Å². The Morgan fingerprint density at radius 2 is 2.15 bits per heavy atom. The number of hydrogen-bond acceptors (Lipinski definition) is 3. The van der Waals surface area contributed by atoms with Crippen LogP contribution in [0.2, 0.25) is 0 Å². The molecule has 2 N–H and O–H groups in total. The third-order valence-corrected chi connectivity index (χ3v) is 3.04. The number of hydrogen-bond donors (Lipinski definition) is 2. The molecule has 0 bridgehead atoms. The van der Waals surface area contributed by atoms with Crippen LogP contribution in [-0.4, -0.2) is 32.7 Å². The van der Waals surface area contributed by atoms with Crippen molar-refractivity contribution < 1.29 is 10.2 Å². The van der Waals surface area contributed by atoms with Crippen LogP contribution in [0.3, 0.4) is 0 Å². The van der Waals surface area contributed by atoms with Crippen LogP contribution in [0.15, 0.2) is 4.47 Å². The summed E-state index contributed by atoms with van der Waals surface area (Å²) in [6.45, 7) is 3.89. The van der Waals surface area contributed by atoms with Gasteiger partial charge in [-0.1, -0.05) is 0 Å². The van der Waals surface area contributed by atoms with E-state index in [2.05, 4.69) is 21.0 Å². The number of aromatic nitrogens is 2. The van der Waals surface area contributed by atoms with E-state index >= 15 is 0 Å². The normalized spacial score (nSPS) is 13.3. The van der Waals surface area contributed by atoms with Crippen molar-refractivity contribution in [2.75, 3.05) is 6.61 Å². The van der Waals surface area contributed by atoms with Crippen molar-refractivity contribution in [2.24, 2.45) is 0 Å². The van der Waals surface area contributed by atoms with Gasteiger partial charge in [0.05, 0.1) is 29.4 Å². The third-order valence-electron chi connectivity index (χ3n) is 1.89. The standard InChI is InChI=1S/C8H13BrN2O2/c1-5-8(9)6(2)11(10-5)3-7(13)4-12/h7,12-13H,3-4H2,1-2H3. The van der Waals surface area contributed by atoms with E-state index in [0.29, 0.717) is 6.54 Å². The van der Waals surface area contributed by atoms with Crippen LogP contribution in [0.4, 0.5) is 0 Å². The van der Waals surface area contributed by atoms with E-state index in [1.165, 1.54) is 0 Å². The van der Waals surface area contributed by atoms with Gasteiger partial charge in [-0.3, -0.25) is 4.68 Å². The second-order valence-electron chi connectivity index (χ2n) is 3.00. The van der Waals surface area contributed by atoms with Gasteiger partial charge < -0.3 is 10.2 Å². The summed E-state index contributed by atoms with van der Waals surface area (Å²) >= 11 is 3.38. The Hall–Kier alpha value is -0.390. The van der Waals surface area contributed by atoms with E-state index in [1.54, 1.807) is 4.68 Å². The molecule has 1 unspecified atom stereocenters. The molecule has 0 aromatic carbocycles. The first kappa shape index (κ1) is 10.7. The largest absolute Gasteiger partial charge is 0.394 e. The summed E-state index contributed by atoms with van der Waals surface area (Å²) in [4.78, 5) is 0. The van der Waals surface area contributed by atoms with Gasteiger partial charge in [0.2, 0.25) is 0 Å². The smallest absolute Gasteiger partial charge is 0.0966 e. The molecule has 5 heteroatoms. The van der Waals surface area contributed by atoms with E-state index in [-0.39, 0.29) is 6.61 Å². The lowest BCUT2D eigenvalue weighted by Gasteiger charge is -2.08. The number of aliphatic hydroxyl groups excluding tert-OH is 2. The highest BCUT2D eigenvalue weighted by atomic mass is 79.9. The Kier molecular flexibility index (Phi) is 3.47. The third kappa shape index (κ3) is 2.30. The van der Waals surface area contributed by atoms with Crippen molar-refractivity contribution in [2.45, 2.75) is 26.5 Å². The van der Waals surface area contributed by atoms with Crippen LogP contribution >= 0.6 is 15.9 Å². The minimum atomic E-state index is -0.745. The predicted molar refractivity (Wildman–Crippen MR) is 52.5 cm³/mol. The van der Waals surface area contributed by atoms with Crippen molar-refractivity contribution in [1.82, 2.24) is 9.78 Å². The van der Waals surface area contributed by atoms with Gasteiger partial charge in [0.25, 0.3) is 0 Å². The highest BCUT2D eigenvalue weighted by Gasteiger charge is 2.11. The van der Waals surface area contributed by atoms with Gasteiger partial charge in [-0.2, -0.15) is 5.10 Å². The number of aryl methyl sites for hydroxylation is 1. The zero-order valence-electron chi connectivity index (χ0n) is 7.66. The lowest BCUT2D eigenvalue weighted by molar-refractivity contribution is 0.0776. The molecule has 0 radical (unpaired) electrons. The van der Waals surface area contributed by atoms with Crippen LogP contribution < -0.4 is 0 Å². The molecule has 0 amide bonds. The van der Waals surface area contributed by atoms with Gasteiger partial charge in [0.1, 0.15) is 0 Å². The zero-order valence-corrected chi connectivity index (χ0v) is 9.24. The maximum absolute atomic E-state index is 9.21. The molecular formula is C8H13BrN2O2. The summed E-state index contributed by atoms with van der Waals surface area (Å²) in [6, 6.07) is 0. The lowest BCUT2D eigenvalue weighted by atomic mass is 10.3. The molecule has 1 heterocycles. The molecule has 1 atom stereocenters. The molecule has 0 aliphatic heterocycles. The van der Waals surface area contributed by atoms with E-state index in [4.69, 9.17) is 5.11 Å². The molecule has 0 aliphatic rings. The minimum Gasteiger partial charge on any atom is -0.394 e. The molecular weight excluding hydrogens is 236 g/mol. The van der Waals surface area contributed by atoms with E-state index in [9.17, 15) is 5.11 Å². The van der Waals surface area contributed by atoms with Crippen molar-refractivity contribution in [3.8, 4) is 0 Å². The molecule has 0 saturated carbocycles. The number of nitrogens with zero attached hydrogens (tertiary/aromatic N) is 2. The Morgan fingerprint density at radius 3 is 2.54 bits per heavy atom. The molecule has 1 aromatic heterocycles. The Balaban J connectivity index is 2.83. The monoisotopic (exact) mass is 248 g/mol. The minimum absolute atomic E-state index is 0.240. The highest BCUT2D eigenvalue weighted by molar-refractivity contribution is 9.10. The van der Waals surface area contributed by atoms with Gasteiger partial charge >= 0.3 is 0 Å². The van der Waals surface area contributed by atoms with Crippen molar-refractivity contribution >= 4 is 15.9 Å². The summed E-state index contributed by atoms with van der Waals surface area (Å²) in [5.74, 6) is 0. The highest BCUT2D eigenvalue weighted by Crippen LogP contribution is 2.19. The topological polar surface area (TPSA) is 58.3 Å². The summed E-state index contributed by atoms with van der Waals surface area (Å²) in [5.41, 5.74) is 1.85.